The van der Waals surface area contributed by atoms with Crippen LogP contribution in [0.3, 0.4) is 0 Å². The highest BCUT2D eigenvalue weighted by molar-refractivity contribution is 7.47. The van der Waals surface area contributed by atoms with Crippen molar-refractivity contribution in [3.8, 4) is 0 Å². The van der Waals surface area contributed by atoms with E-state index in [1.54, 1.807) is 0 Å². The van der Waals surface area contributed by atoms with Crippen molar-refractivity contribution in [2.75, 3.05) is 19.8 Å². The van der Waals surface area contributed by atoms with Gasteiger partial charge in [0.2, 0.25) is 5.91 Å². The van der Waals surface area contributed by atoms with E-state index in [-0.39, 0.29) is 19.1 Å². The topological polar surface area (TPSA) is 84.9 Å². The molecule has 0 aliphatic heterocycles. The number of unbranched alkanes of at least 4 members (excludes halogenated alkanes) is 1. The van der Waals surface area contributed by atoms with E-state index in [0.29, 0.717) is 25.8 Å². The molecule has 17 heavy (non-hydrogen) atoms. The van der Waals surface area contributed by atoms with Crippen LogP contribution in [0.25, 0.3) is 0 Å². The van der Waals surface area contributed by atoms with Gasteiger partial charge in [-0.25, -0.2) is 4.57 Å². The third kappa shape index (κ3) is 10.2. The number of hydrogen-bond donors (Lipinski definition) is 2. The van der Waals surface area contributed by atoms with Gasteiger partial charge in [0.15, 0.2) is 0 Å². The monoisotopic (exact) mass is 265 g/mol. The van der Waals surface area contributed by atoms with Crippen LogP contribution in [0.2, 0.25) is 0 Å². The predicted molar refractivity (Wildman–Crippen MR) is 64.5 cm³/mol. The standard InChI is InChI=1S/C10H20NO5P/c1-3-8-15-17(13,14)16-9-6-5-7-11-10(12)4-2/h4H,2-3,5-9H2,1H3,(H,11,12)(H,13,14). The molecule has 0 rings (SSSR count). The summed E-state index contributed by atoms with van der Waals surface area (Å²) in [7, 11) is -3.89. The minimum absolute atomic E-state index is 0.126. The molecule has 7 heteroatoms. The molecular weight excluding hydrogens is 245 g/mol. The average molecular weight is 265 g/mol. The molecule has 6 nitrogen and oxygen atoms in total. The van der Waals surface area contributed by atoms with Crippen molar-refractivity contribution in [3.05, 3.63) is 12.7 Å². The van der Waals surface area contributed by atoms with Crippen molar-refractivity contribution >= 4 is 13.7 Å². The lowest BCUT2D eigenvalue weighted by Gasteiger charge is -2.11. The maximum Gasteiger partial charge on any atom is 0.472 e. The molecule has 0 spiro atoms. The van der Waals surface area contributed by atoms with Crippen LogP contribution in [-0.4, -0.2) is 30.6 Å². The second-order valence-electron chi connectivity index (χ2n) is 3.34. The third-order valence-corrected chi connectivity index (χ3v) is 2.79. The zero-order chi connectivity index (χ0) is 13.1. The molecule has 0 saturated carbocycles. The van der Waals surface area contributed by atoms with Gasteiger partial charge in [-0.05, 0) is 25.3 Å². The minimum atomic E-state index is -3.89. The molecule has 1 amide bonds. The summed E-state index contributed by atoms with van der Waals surface area (Å²) in [6.45, 7) is 5.96. The van der Waals surface area contributed by atoms with Crippen molar-refractivity contribution in [2.24, 2.45) is 0 Å². The molecule has 0 saturated heterocycles. The molecule has 0 aromatic carbocycles. The smallest absolute Gasteiger partial charge is 0.353 e. The summed E-state index contributed by atoms with van der Waals surface area (Å²) in [5.74, 6) is -0.231. The van der Waals surface area contributed by atoms with Gasteiger partial charge in [-0.2, -0.15) is 0 Å². The largest absolute Gasteiger partial charge is 0.472 e. The number of carbonyl (C=O) groups is 1. The Morgan fingerprint density at radius 3 is 2.65 bits per heavy atom. The molecule has 2 N–H and O–H groups in total. The van der Waals surface area contributed by atoms with Crippen molar-refractivity contribution in [1.82, 2.24) is 5.32 Å². The molecule has 0 aromatic heterocycles. The Hall–Kier alpha value is -0.680. The van der Waals surface area contributed by atoms with Crippen LogP contribution >= 0.6 is 7.82 Å². The van der Waals surface area contributed by atoms with E-state index < -0.39 is 7.82 Å². The fraction of sp³-hybridized carbons (Fsp3) is 0.700. The number of rotatable bonds is 10. The third-order valence-electron chi connectivity index (χ3n) is 1.77. The van der Waals surface area contributed by atoms with E-state index >= 15 is 0 Å². The van der Waals surface area contributed by atoms with E-state index in [9.17, 15) is 9.36 Å². The summed E-state index contributed by atoms with van der Waals surface area (Å²) in [5, 5.41) is 2.59. The van der Waals surface area contributed by atoms with Crippen molar-refractivity contribution < 1.29 is 23.3 Å². The molecule has 100 valence electrons. The first kappa shape index (κ1) is 16.3. The molecule has 0 fully saturated rings. The zero-order valence-corrected chi connectivity index (χ0v) is 10.9. The Morgan fingerprint density at radius 2 is 2.06 bits per heavy atom. The Morgan fingerprint density at radius 1 is 1.41 bits per heavy atom. The van der Waals surface area contributed by atoms with Gasteiger partial charge in [0.1, 0.15) is 0 Å². The summed E-state index contributed by atoms with van der Waals surface area (Å²) in [6.07, 6.45) is 3.07. The van der Waals surface area contributed by atoms with Crippen LogP contribution in [0.1, 0.15) is 26.2 Å². The number of hydrogen-bond acceptors (Lipinski definition) is 4. The van der Waals surface area contributed by atoms with Gasteiger partial charge < -0.3 is 10.2 Å². The Labute approximate surface area is 102 Å². The summed E-state index contributed by atoms with van der Waals surface area (Å²) < 4.78 is 20.6. The SMILES string of the molecule is C=CC(=O)NCCCCOP(=O)(O)OCCC. The summed E-state index contributed by atoms with van der Waals surface area (Å²) >= 11 is 0. The number of carbonyl (C=O) groups excluding carboxylic acids is 1. The molecule has 0 radical (unpaired) electrons. The summed E-state index contributed by atoms with van der Waals surface area (Å²) in [5.41, 5.74) is 0. The summed E-state index contributed by atoms with van der Waals surface area (Å²) in [6, 6.07) is 0. The Bertz CT molecular complexity index is 282. The number of phosphoric acid groups is 1. The Kier molecular flexibility index (Phi) is 8.99. The highest BCUT2D eigenvalue weighted by Gasteiger charge is 2.19. The highest BCUT2D eigenvalue weighted by atomic mass is 31.2. The summed E-state index contributed by atoms with van der Waals surface area (Å²) in [4.78, 5) is 19.9. The lowest BCUT2D eigenvalue weighted by molar-refractivity contribution is -0.116. The van der Waals surface area contributed by atoms with E-state index in [1.165, 1.54) is 6.08 Å². The van der Waals surface area contributed by atoms with E-state index in [0.717, 1.165) is 0 Å². The zero-order valence-electron chi connectivity index (χ0n) is 10.1. The maximum atomic E-state index is 11.2. The lowest BCUT2D eigenvalue weighted by atomic mass is 10.3. The molecule has 0 aromatic rings. The number of nitrogens with one attached hydrogen (secondary N) is 1. The van der Waals surface area contributed by atoms with Gasteiger partial charge in [0.25, 0.3) is 0 Å². The first-order valence-electron chi connectivity index (χ1n) is 5.54. The van der Waals surface area contributed by atoms with Crippen molar-refractivity contribution in [1.29, 1.82) is 0 Å². The molecule has 0 heterocycles. The second-order valence-corrected chi connectivity index (χ2v) is 4.79. The van der Waals surface area contributed by atoms with Crippen LogP contribution < -0.4 is 5.32 Å². The molecule has 1 unspecified atom stereocenters. The van der Waals surface area contributed by atoms with Crippen LogP contribution in [-0.2, 0) is 18.4 Å². The Balaban J connectivity index is 3.47. The number of amides is 1. The first-order valence-corrected chi connectivity index (χ1v) is 7.03. The van der Waals surface area contributed by atoms with Crippen LogP contribution in [0, 0.1) is 0 Å². The van der Waals surface area contributed by atoms with Crippen molar-refractivity contribution in [2.45, 2.75) is 26.2 Å². The highest BCUT2D eigenvalue weighted by Crippen LogP contribution is 2.43. The minimum Gasteiger partial charge on any atom is -0.353 e. The second kappa shape index (κ2) is 9.36. The lowest BCUT2D eigenvalue weighted by Crippen LogP contribution is -2.21. The van der Waals surface area contributed by atoms with Crippen LogP contribution in [0.5, 0.6) is 0 Å². The fourth-order valence-corrected chi connectivity index (χ4v) is 1.78. The van der Waals surface area contributed by atoms with Gasteiger partial charge in [-0.1, -0.05) is 13.5 Å². The van der Waals surface area contributed by atoms with Gasteiger partial charge in [0, 0.05) is 6.54 Å². The van der Waals surface area contributed by atoms with E-state index in [4.69, 9.17) is 9.42 Å². The fourth-order valence-electron chi connectivity index (χ4n) is 0.935. The molecule has 0 bridgehead atoms. The maximum absolute atomic E-state index is 11.2. The quantitative estimate of drug-likeness (QED) is 0.356. The molecule has 1 atom stereocenters. The average Bonchev–Trinajstić information content (AvgIpc) is 2.30. The first-order chi connectivity index (χ1) is 8.02. The van der Waals surface area contributed by atoms with Crippen LogP contribution in [0.15, 0.2) is 12.7 Å². The van der Waals surface area contributed by atoms with Gasteiger partial charge in [-0.3, -0.25) is 13.8 Å². The number of phosphoric ester groups is 1. The molecular formula is C10H20NO5P. The molecule has 0 aliphatic carbocycles. The van der Waals surface area contributed by atoms with Gasteiger partial charge >= 0.3 is 7.82 Å². The normalized spacial score (nSPS) is 14.0. The van der Waals surface area contributed by atoms with Crippen LogP contribution in [0.4, 0.5) is 0 Å². The van der Waals surface area contributed by atoms with Crippen molar-refractivity contribution in [3.63, 3.8) is 0 Å². The predicted octanol–water partition coefficient (Wildman–Crippen LogP) is 1.61. The van der Waals surface area contributed by atoms with Gasteiger partial charge in [0.05, 0.1) is 13.2 Å². The van der Waals surface area contributed by atoms with Gasteiger partial charge in [-0.15, -0.1) is 0 Å². The molecule has 0 aliphatic rings. The van der Waals surface area contributed by atoms with E-state index in [1.807, 2.05) is 6.92 Å². The van der Waals surface area contributed by atoms with E-state index in [2.05, 4.69) is 16.4 Å².